The normalized spacial score (nSPS) is 11.5. The summed E-state index contributed by atoms with van der Waals surface area (Å²) in [5.74, 6) is 0. The molecule has 0 atom stereocenters. The van der Waals surface area contributed by atoms with Crippen molar-refractivity contribution in [2.45, 2.75) is 6.54 Å². The van der Waals surface area contributed by atoms with Crippen LogP contribution in [0.4, 0.5) is 5.69 Å². The van der Waals surface area contributed by atoms with E-state index in [2.05, 4.69) is 40.0 Å². The molecular formula is C14H16N4S. The van der Waals surface area contributed by atoms with Gasteiger partial charge in [0.1, 0.15) is 0 Å². The molecule has 0 unspecified atom stereocenters. The molecule has 0 aliphatic rings. The van der Waals surface area contributed by atoms with Crippen molar-refractivity contribution in [2.24, 2.45) is 0 Å². The van der Waals surface area contributed by atoms with Gasteiger partial charge in [-0.2, -0.15) is 0 Å². The van der Waals surface area contributed by atoms with E-state index < -0.39 is 0 Å². The number of thiazole rings is 1. The van der Waals surface area contributed by atoms with Gasteiger partial charge in [-0.15, -0.1) is 11.3 Å². The number of hydrogen-bond donors (Lipinski definition) is 1. The van der Waals surface area contributed by atoms with E-state index in [-0.39, 0.29) is 0 Å². The molecule has 0 aliphatic carbocycles. The third kappa shape index (κ3) is 2.22. The smallest absolute Gasteiger partial charge is 0.194 e. The highest BCUT2D eigenvalue weighted by atomic mass is 32.1. The van der Waals surface area contributed by atoms with Gasteiger partial charge in [-0.25, -0.2) is 4.98 Å². The Labute approximate surface area is 116 Å². The molecule has 2 aromatic heterocycles. The number of hydrogen-bond acceptors (Lipinski definition) is 4. The van der Waals surface area contributed by atoms with Gasteiger partial charge >= 0.3 is 0 Å². The molecule has 98 valence electrons. The SMILES string of the molecule is CN(C)Cc1csc2nc(-c3ccccc3N)cn12. The second-order valence-corrected chi connectivity index (χ2v) is 5.67. The molecule has 2 heterocycles. The first-order chi connectivity index (χ1) is 9.15. The van der Waals surface area contributed by atoms with Gasteiger partial charge < -0.3 is 10.6 Å². The molecule has 0 saturated carbocycles. The molecule has 0 fully saturated rings. The van der Waals surface area contributed by atoms with Crippen molar-refractivity contribution in [3.63, 3.8) is 0 Å². The summed E-state index contributed by atoms with van der Waals surface area (Å²) in [6.45, 7) is 0.903. The molecule has 0 saturated heterocycles. The summed E-state index contributed by atoms with van der Waals surface area (Å²) < 4.78 is 2.15. The fourth-order valence-corrected chi connectivity index (χ4v) is 2.99. The third-order valence-corrected chi connectivity index (χ3v) is 3.89. The van der Waals surface area contributed by atoms with Crippen molar-refractivity contribution in [2.75, 3.05) is 19.8 Å². The number of para-hydroxylation sites is 1. The molecule has 0 spiro atoms. The monoisotopic (exact) mass is 272 g/mol. The zero-order chi connectivity index (χ0) is 13.4. The van der Waals surface area contributed by atoms with Gasteiger partial charge in [-0.05, 0) is 20.2 Å². The van der Waals surface area contributed by atoms with Crippen LogP contribution in [0.15, 0.2) is 35.8 Å². The van der Waals surface area contributed by atoms with Gasteiger partial charge in [0.15, 0.2) is 4.96 Å². The second-order valence-electron chi connectivity index (χ2n) is 4.83. The molecule has 0 amide bonds. The van der Waals surface area contributed by atoms with Crippen molar-refractivity contribution in [3.05, 3.63) is 41.5 Å². The minimum atomic E-state index is 0.766. The number of fused-ring (bicyclic) bond motifs is 1. The summed E-state index contributed by atoms with van der Waals surface area (Å²) in [6.07, 6.45) is 2.07. The van der Waals surface area contributed by atoms with Crippen LogP contribution in [0.25, 0.3) is 16.2 Å². The average Bonchev–Trinajstić information content (AvgIpc) is 2.91. The summed E-state index contributed by atoms with van der Waals surface area (Å²) in [7, 11) is 4.13. The van der Waals surface area contributed by atoms with Gasteiger partial charge in [-0.3, -0.25) is 4.40 Å². The Morgan fingerprint density at radius 3 is 2.84 bits per heavy atom. The Hall–Kier alpha value is -1.85. The Morgan fingerprint density at radius 1 is 1.32 bits per heavy atom. The highest BCUT2D eigenvalue weighted by molar-refractivity contribution is 7.15. The van der Waals surface area contributed by atoms with Crippen molar-refractivity contribution in [1.29, 1.82) is 0 Å². The predicted octanol–water partition coefficient (Wildman–Crippen LogP) is 2.71. The summed E-state index contributed by atoms with van der Waals surface area (Å²) in [5.41, 5.74) is 9.95. The van der Waals surface area contributed by atoms with Gasteiger partial charge in [-0.1, -0.05) is 18.2 Å². The minimum Gasteiger partial charge on any atom is -0.398 e. The van der Waals surface area contributed by atoms with Crippen LogP contribution in [0.5, 0.6) is 0 Å². The summed E-state index contributed by atoms with van der Waals surface area (Å²) in [5, 5.41) is 2.15. The van der Waals surface area contributed by atoms with Crippen LogP contribution in [-0.2, 0) is 6.54 Å². The standard InChI is InChI=1S/C14H16N4S/c1-17(2)7-10-9-19-14-16-13(8-18(10)14)11-5-3-4-6-12(11)15/h3-6,8-9H,7,15H2,1-2H3. The van der Waals surface area contributed by atoms with Crippen LogP contribution in [-0.4, -0.2) is 28.4 Å². The van der Waals surface area contributed by atoms with Crippen LogP contribution in [0.3, 0.4) is 0 Å². The van der Waals surface area contributed by atoms with E-state index in [1.807, 2.05) is 24.3 Å². The fourth-order valence-electron chi connectivity index (χ4n) is 2.13. The molecule has 4 nitrogen and oxygen atoms in total. The maximum atomic E-state index is 6.01. The van der Waals surface area contributed by atoms with E-state index in [1.54, 1.807) is 11.3 Å². The van der Waals surface area contributed by atoms with Gasteiger partial charge in [0.05, 0.1) is 5.69 Å². The number of benzene rings is 1. The summed E-state index contributed by atoms with van der Waals surface area (Å²) in [6, 6.07) is 7.84. The Kier molecular flexibility index (Phi) is 3.00. The molecule has 0 radical (unpaired) electrons. The Morgan fingerprint density at radius 2 is 2.11 bits per heavy atom. The second kappa shape index (κ2) is 4.68. The maximum absolute atomic E-state index is 6.01. The molecule has 5 heteroatoms. The van der Waals surface area contributed by atoms with E-state index in [4.69, 9.17) is 5.73 Å². The quantitative estimate of drug-likeness (QED) is 0.746. The number of aromatic nitrogens is 2. The van der Waals surface area contributed by atoms with E-state index in [0.29, 0.717) is 0 Å². The van der Waals surface area contributed by atoms with Crippen LogP contribution in [0, 0.1) is 0 Å². The predicted molar refractivity (Wildman–Crippen MR) is 80.3 cm³/mol. The first-order valence-corrected chi connectivity index (χ1v) is 6.98. The lowest BCUT2D eigenvalue weighted by Gasteiger charge is -2.07. The highest BCUT2D eigenvalue weighted by Crippen LogP contribution is 2.27. The first-order valence-electron chi connectivity index (χ1n) is 6.10. The molecule has 0 aliphatic heterocycles. The molecule has 0 bridgehead atoms. The maximum Gasteiger partial charge on any atom is 0.194 e. The van der Waals surface area contributed by atoms with Crippen molar-refractivity contribution < 1.29 is 0 Å². The average molecular weight is 272 g/mol. The molecule has 2 N–H and O–H groups in total. The molecule has 3 rings (SSSR count). The number of nitrogens with two attached hydrogens (primary N) is 1. The first kappa shape index (κ1) is 12.2. The van der Waals surface area contributed by atoms with E-state index in [9.17, 15) is 0 Å². The van der Waals surface area contributed by atoms with Crippen LogP contribution < -0.4 is 5.73 Å². The number of imidazole rings is 1. The van der Waals surface area contributed by atoms with Crippen molar-refractivity contribution in [1.82, 2.24) is 14.3 Å². The molecular weight excluding hydrogens is 256 g/mol. The van der Waals surface area contributed by atoms with Gasteiger partial charge in [0, 0.05) is 35.1 Å². The summed E-state index contributed by atoms with van der Waals surface area (Å²) in [4.78, 5) is 7.81. The highest BCUT2D eigenvalue weighted by Gasteiger charge is 2.11. The lowest BCUT2D eigenvalue weighted by Crippen LogP contribution is -2.11. The van der Waals surface area contributed by atoms with Gasteiger partial charge in [0.25, 0.3) is 0 Å². The van der Waals surface area contributed by atoms with Crippen LogP contribution in [0.1, 0.15) is 5.69 Å². The Bertz CT molecular complexity index is 711. The third-order valence-electron chi connectivity index (χ3n) is 3.00. The summed E-state index contributed by atoms with van der Waals surface area (Å²) >= 11 is 1.66. The van der Waals surface area contributed by atoms with Crippen LogP contribution >= 0.6 is 11.3 Å². The van der Waals surface area contributed by atoms with Crippen molar-refractivity contribution in [3.8, 4) is 11.3 Å². The topological polar surface area (TPSA) is 46.6 Å². The van der Waals surface area contributed by atoms with Crippen molar-refractivity contribution >= 4 is 22.0 Å². The number of anilines is 1. The number of nitrogen functional groups attached to an aromatic ring is 1. The zero-order valence-electron chi connectivity index (χ0n) is 11.0. The zero-order valence-corrected chi connectivity index (χ0v) is 11.8. The Balaban J connectivity index is 2.07. The molecule has 3 aromatic rings. The van der Waals surface area contributed by atoms with E-state index in [1.165, 1.54) is 5.69 Å². The number of nitrogens with zero attached hydrogens (tertiary/aromatic N) is 3. The van der Waals surface area contributed by atoms with Crippen LogP contribution in [0.2, 0.25) is 0 Å². The number of rotatable bonds is 3. The molecule has 19 heavy (non-hydrogen) atoms. The fraction of sp³-hybridized carbons (Fsp3) is 0.214. The van der Waals surface area contributed by atoms with E-state index >= 15 is 0 Å². The molecule has 1 aromatic carbocycles. The lowest BCUT2D eigenvalue weighted by molar-refractivity contribution is 0.396. The largest absolute Gasteiger partial charge is 0.398 e. The van der Waals surface area contributed by atoms with E-state index in [0.717, 1.165) is 28.5 Å². The van der Waals surface area contributed by atoms with Gasteiger partial charge in [0.2, 0.25) is 0 Å². The lowest BCUT2D eigenvalue weighted by atomic mass is 10.1. The minimum absolute atomic E-state index is 0.766.